The second-order valence-electron chi connectivity index (χ2n) is 6.96. The number of anilines is 1. The molecular formula is C18H21F3N2O3S2. The number of hydrogen-bond donors (Lipinski definition) is 0. The van der Waals surface area contributed by atoms with Gasteiger partial charge in [-0.25, -0.2) is 8.42 Å². The van der Waals surface area contributed by atoms with Crippen molar-refractivity contribution in [3.05, 3.63) is 29.8 Å². The summed E-state index contributed by atoms with van der Waals surface area (Å²) in [5.74, 6) is -0.831. The van der Waals surface area contributed by atoms with Gasteiger partial charge in [0.25, 0.3) is 5.91 Å². The molecule has 0 saturated carbocycles. The van der Waals surface area contributed by atoms with Crippen LogP contribution in [-0.4, -0.2) is 42.3 Å². The summed E-state index contributed by atoms with van der Waals surface area (Å²) in [5.41, 5.74) is -0.631. The number of rotatable bonds is 4. The Kier molecular flexibility index (Phi) is 5.82. The van der Waals surface area contributed by atoms with Gasteiger partial charge < -0.3 is 4.90 Å². The van der Waals surface area contributed by atoms with Crippen LogP contribution in [0.25, 0.3) is 0 Å². The zero-order valence-electron chi connectivity index (χ0n) is 15.4. The number of amides is 1. The van der Waals surface area contributed by atoms with Crippen molar-refractivity contribution in [3.8, 4) is 0 Å². The molecular weight excluding hydrogens is 413 g/mol. The molecule has 0 spiro atoms. The van der Waals surface area contributed by atoms with E-state index in [0.717, 1.165) is 23.9 Å². The second kappa shape index (κ2) is 7.70. The van der Waals surface area contributed by atoms with E-state index in [0.29, 0.717) is 12.8 Å². The summed E-state index contributed by atoms with van der Waals surface area (Å²) in [4.78, 5) is 18.2. The molecule has 28 heavy (non-hydrogen) atoms. The maximum atomic E-state index is 13.1. The van der Waals surface area contributed by atoms with Gasteiger partial charge in [-0.1, -0.05) is 31.7 Å². The number of sulfone groups is 1. The number of thioether (sulfide) groups is 1. The predicted molar refractivity (Wildman–Crippen MR) is 104 cm³/mol. The normalized spacial score (nSPS) is 25.5. The first kappa shape index (κ1) is 21.2. The Bertz CT molecular complexity index is 896. The van der Waals surface area contributed by atoms with Crippen LogP contribution in [0.5, 0.6) is 0 Å². The quantitative estimate of drug-likeness (QED) is 0.722. The lowest BCUT2D eigenvalue weighted by Gasteiger charge is -2.25. The third-order valence-corrected chi connectivity index (χ3v) is 8.27. The predicted octanol–water partition coefficient (Wildman–Crippen LogP) is 3.74. The SMILES string of the molecule is CCC(CC)C(=O)N=C1S[C@H]2CS(=O)(=O)C[C@H]2N1c1cccc(C(F)(F)F)c1. The van der Waals surface area contributed by atoms with Crippen LogP contribution in [0.4, 0.5) is 18.9 Å². The van der Waals surface area contributed by atoms with E-state index in [1.165, 1.54) is 17.0 Å². The molecule has 2 aliphatic rings. The summed E-state index contributed by atoms with van der Waals surface area (Å²) >= 11 is 1.16. The van der Waals surface area contributed by atoms with Crippen molar-refractivity contribution >= 4 is 38.4 Å². The largest absolute Gasteiger partial charge is 0.416 e. The van der Waals surface area contributed by atoms with Gasteiger partial charge in [-0.3, -0.25) is 4.79 Å². The van der Waals surface area contributed by atoms with Crippen LogP contribution in [0.1, 0.15) is 32.3 Å². The Labute approximate surface area is 166 Å². The maximum absolute atomic E-state index is 13.1. The van der Waals surface area contributed by atoms with E-state index in [1.807, 2.05) is 13.8 Å². The van der Waals surface area contributed by atoms with Crippen molar-refractivity contribution in [3.63, 3.8) is 0 Å². The van der Waals surface area contributed by atoms with Crippen LogP contribution < -0.4 is 4.90 Å². The van der Waals surface area contributed by atoms with Crippen molar-refractivity contribution < 1.29 is 26.4 Å². The lowest BCUT2D eigenvalue weighted by Crippen LogP contribution is -2.38. The molecule has 1 aromatic carbocycles. The number of benzene rings is 1. The molecule has 2 heterocycles. The number of alkyl halides is 3. The van der Waals surface area contributed by atoms with Crippen molar-refractivity contribution in [2.45, 2.75) is 44.2 Å². The summed E-state index contributed by atoms with van der Waals surface area (Å²) in [6.07, 6.45) is -3.30. The number of carbonyl (C=O) groups excluding carboxylic acids is 1. The summed E-state index contributed by atoms with van der Waals surface area (Å²) < 4.78 is 63.5. The van der Waals surface area contributed by atoms with Gasteiger partial charge in [0.05, 0.1) is 23.1 Å². The maximum Gasteiger partial charge on any atom is 0.416 e. The van der Waals surface area contributed by atoms with Gasteiger partial charge in [-0.15, -0.1) is 0 Å². The number of nitrogens with zero attached hydrogens (tertiary/aromatic N) is 2. The minimum Gasteiger partial charge on any atom is -0.316 e. The van der Waals surface area contributed by atoms with Gasteiger partial charge in [-0.2, -0.15) is 18.2 Å². The Morgan fingerprint density at radius 2 is 1.96 bits per heavy atom. The third-order valence-electron chi connectivity index (χ3n) is 5.06. The van der Waals surface area contributed by atoms with Gasteiger partial charge >= 0.3 is 6.18 Å². The first-order valence-electron chi connectivity index (χ1n) is 9.01. The lowest BCUT2D eigenvalue weighted by atomic mass is 10.0. The molecule has 0 aliphatic carbocycles. The topological polar surface area (TPSA) is 66.8 Å². The molecule has 0 unspecified atom stereocenters. The van der Waals surface area contributed by atoms with Crippen LogP contribution in [0.3, 0.4) is 0 Å². The summed E-state index contributed by atoms with van der Waals surface area (Å²) in [6, 6.07) is 4.17. The van der Waals surface area contributed by atoms with E-state index < -0.39 is 27.6 Å². The highest BCUT2D eigenvalue weighted by atomic mass is 32.2. The summed E-state index contributed by atoms with van der Waals surface area (Å²) in [7, 11) is -3.29. The highest BCUT2D eigenvalue weighted by molar-refractivity contribution is 8.16. The molecule has 3 rings (SSSR count). The molecule has 10 heteroatoms. The van der Waals surface area contributed by atoms with Crippen molar-refractivity contribution in [2.75, 3.05) is 16.4 Å². The first-order chi connectivity index (χ1) is 13.1. The van der Waals surface area contributed by atoms with E-state index in [4.69, 9.17) is 0 Å². The molecule has 2 aliphatic heterocycles. The number of amidine groups is 1. The lowest BCUT2D eigenvalue weighted by molar-refractivity contribution is -0.137. The molecule has 0 aromatic heterocycles. The van der Waals surface area contributed by atoms with Gasteiger partial charge in [0.1, 0.15) is 0 Å². The molecule has 154 valence electrons. The molecule has 1 amide bonds. The molecule has 2 saturated heterocycles. The minimum absolute atomic E-state index is 0.0734. The van der Waals surface area contributed by atoms with E-state index in [2.05, 4.69) is 4.99 Å². The number of carbonyl (C=O) groups is 1. The molecule has 2 fully saturated rings. The van der Waals surface area contributed by atoms with Crippen LogP contribution >= 0.6 is 11.8 Å². The summed E-state index contributed by atoms with van der Waals surface area (Å²) in [6.45, 7) is 3.75. The van der Waals surface area contributed by atoms with E-state index in [1.54, 1.807) is 0 Å². The molecule has 0 radical (unpaired) electrons. The van der Waals surface area contributed by atoms with Crippen molar-refractivity contribution in [2.24, 2.45) is 10.9 Å². The highest BCUT2D eigenvalue weighted by Crippen LogP contribution is 2.42. The average molecular weight is 435 g/mol. The summed E-state index contributed by atoms with van der Waals surface area (Å²) in [5, 5.41) is -0.0751. The number of halogens is 3. The standard InChI is InChI=1S/C18H21F3N2O3S2/c1-3-11(4-2)16(24)22-17-23(14-9-28(25,26)10-15(14)27-17)13-7-5-6-12(8-13)18(19,20)21/h5-8,11,14-15H,3-4,9-10H2,1-2H3/t14-,15+/m1/s1. The van der Waals surface area contributed by atoms with E-state index in [9.17, 15) is 26.4 Å². The smallest absolute Gasteiger partial charge is 0.316 e. The van der Waals surface area contributed by atoms with E-state index in [-0.39, 0.29) is 39.4 Å². The number of fused-ring (bicyclic) bond motifs is 1. The fraction of sp³-hybridized carbons (Fsp3) is 0.556. The van der Waals surface area contributed by atoms with E-state index >= 15 is 0 Å². The van der Waals surface area contributed by atoms with Crippen molar-refractivity contribution in [1.82, 2.24) is 0 Å². The number of aliphatic imine (C=N–C) groups is 1. The second-order valence-corrected chi connectivity index (χ2v) is 10.3. The van der Waals surface area contributed by atoms with Gasteiger partial charge in [-0.05, 0) is 31.0 Å². The van der Waals surface area contributed by atoms with Crippen molar-refractivity contribution in [1.29, 1.82) is 0 Å². The fourth-order valence-electron chi connectivity index (χ4n) is 3.52. The van der Waals surface area contributed by atoms with Gasteiger partial charge in [0.2, 0.25) is 0 Å². The first-order valence-corrected chi connectivity index (χ1v) is 11.7. The fourth-order valence-corrected chi connectivity index (χ4v) is 7.44. The molecule has 5 nitrogen and oxygen atoms in total. The monoisotopic (exact) mass is 434 g/mol. The van der Waals surface area contributed by atoms with Crippen LogP contribution in [-0.2, 0) is 20.8 Å². The minimum atomic E-state index is -4.52. The molecule has 0 bridgehead atoms. The van der Waals surface area contributed by atoms with Crippen LogP contribution in [0, 0.1) is 5.92 Å². The Morgan fingerprint density at radius 1 is 1.29 bits per heavy atom. The third kappa shape index (κ3) is 4.22. The van der Waals surface area contributed by atoms with Crippen LogP contribution in [0.15, 0.2) is 29.3 Å². The average Bonchev–Trinajstić information content (AvgIpc) is 3.06. The van der Waals surface area contributed by atoms with Gasteiger partial charge in [0, 0.05) is 16.9 Å². The van der Waals surface area contributed by atoms with Crippen LogP contribution in [0.2, 0.25) is 0 Å². The zero-order valence-corrected chi connectivity index (χ0v) is 17.1. The molecule has 2 atom stereocenters. The zero-order chi connectivity index (χ0) is 20.7. The Hall–Kier alpha value is -1.55. The number of hydrogen-bond acceptors (Lipinski definition) is 4. The molecule has 1 aromatic rings. The molecule has 0 N–H and O–H groups in total. The Balaban J connectivity index is 2.03. The Morgan fingerprint density at radius 3 is 2.57 bits per heavy atom. The van der Waals surface area contributed by atoms with Gasteiger partial charge in [0.15, 0.2) is 15.0 Å². The highest BCUT2D eigenvalue weighted by Gasteiger charge is 2.49.